The van der Waals surface area contributed by atoms with Gasteiger partial charge in [-0.1, -0.05) is 0 Å². The first-order chi connectivity index (χ1) is 14.3. The molecule has 0 bridgehead atoms. The predicted octanol–water partition coefficient (Wildman–Crippen LogP) is 7.17. The number of ether oxygens (including phenoxy) is 1. The Bertz CT molecular complexity index is 1040. The predicted molar refractivity (Wildman–Crippen MR) is 105 cm³/mol. The van der Waals surface area contributed by atoms with Crippen LogP contribution < -0.4 is 10.1 Å². The van der Waals surface area contributed by atoms with E-state index < -0.39 is 23.4 Å². The summed E-state index contributed by atoms with van der Waals surface area (Å²) in [6, 6.07) is 7.20. The molecule has 158 valence electrons. The highest BCUT2D eigenvalue weighted by Crippen LogP contribution is 2.40. The van der Waals surface area contributed by atoms with Crippen LogP contribution in [0.15, 0.2) is 41.8 Å². The van der Waals surface area contributed by atoms with Crippen LogP contribution in [0.4, 0.5) is 32.8 Å². The van der Waals surface area contributed by atoms with Gasteiger partial charge in [-0.2, -0.15) is 13.2 Å². The largest absolute Gasteiger partial charge is 0.490 e. The van der Waals surface area contributed by atoms with Gasteiger partial charge in [-0.25, -0.2) is 13.8 Å². The first-order valence-corrected chi connectivity index (χ1v) is 10.2. The Labute approximate surface area is 173 Å². The van der Waals surface area contributed by atoms with Crippen LogP contribution in [-0.2, 0) is 6.18 Å². The molecule has 1 aliphatic rings. The van der Waals surface area contributed by atoms with Gasteiger partial charge in [0.15, 0.2) is 16.8 Å². The summed E-state index contributed by atoms with van der Waals surface area (Å²) in [7, 11) is 0. The van der Waals surface area contributed by atoms with E-state index in [-0.39, 0.29) is 17.5 Å². The zero-order valence-electron chi connectivity index (χ0n) is 15.6. The minimum Gasteiger partial charge on any atom is -0.490 e. The highest BCUT2D eigenvalue weighted by atomic mass is 32.1. The first-order valence-electron chi connectivity index (χ1n) is 9.35. The zero-order valence-corrected chi connectivity index (χ0v) is 16.4. The fourth-order valence-electron chi connectivity index (χ4n) is 3.36. The molecule has 0 saturated heterocycles. The van der Waals surface area contributed by atoms with E-state index >= 15 is 0 Å². The topological polar surface area (TPSA) is 34.1 Å². The maximum atomic E-state index is 13.6. The van der Waals surface area contributed by atoms with Crippen LogP contribution in [0.1, 0.15) is 31.2 Å². The molecule has 3 aromatic rings. The lowest BCUT2D eigenvalue weighted by Gasteiger charge is -2.19. The summed E-state index contributed by atoms with van der Waals surface area (Å²) >= 11 is 1.14. The van der Waals surface area contributed by atoms with Gasteiger partial charge in [0, 0.05) is 16.6 Å². The number of thiazole rings is 1. The van der Waals surface area contributed by atoms with Gasteiger partial charge < -0.3 is 10.1 Å². The van der Waals surface area contributed by atoms with Crippen LogP contribution in [-0.4, -0.2) is 11.1 Å². The zero-order chi connectivity index (χ0) is 21.3. The minimum atomic E-state index is -4.56. The van der Waals surface area contributed by atoms with E-state index in [9.17, 15) is 22.0 Å². The summed E-state index contributed by atoms with van der Waals surface area (Å²) in [6.45, 7) is 0. The van der Waals surface area contributed by atoms with Gasteiger partial charge in [-0.3, -0.25) is 0 Å². The molecule has 0 radical (unpaired) electrons. The van der Waals surface area contributed by atoms with Gasteiger partial charge in [0.05, 0.1) is 17.4 Å². The standard InChI is InChI=1S/C21H17F5N2OS/c22-16-7-5-12(9-17(16)23)18-11-30-20(28-18)27-13-6-8-19(15(10-13)21(24,25)26)29-14-3-1-2-4-14/h5-11,14H,1-4H2,(H,27,28). The average Bonchev–Trinajstić information content (AvgIpc) is 3.36. The summed E-state index contributed by atoms with van der Waals surface area (Å²) in [5.41, 5.74) is 0.109. The SMILES string of the molecule is Fc1ccc(-c2csc(Nc3ccc(OC4CCCC4)c(C(F)(F)F)c3)n2)cc1F. The van der Waals surface area contributed by atoms with Crippen LogP contribution >= 0.6 is 11.3 Å². The van der Waals surface area contributed by atoms with E-state index in [4.69, 9.17) is 4.74 Å². The van der Waals surface area contributed by atoms with Crippen molar-refractivity contribution in [3.8, 4) is 17.0 Å². The van der Waals surface area contributed by atoms with Crippen molar-refractivity contribution in [2.24, 2.45) is 0 Å². The smallest absolute Gasteiger partial charge is 0.420 e. The molecule has 1 aromatic heterocycles. The Hall–Kier alpha value is -2.68. The molecular weight excluding hydrogens is 423 g/mol. The molecule has 4 rings (SSSR count). The second-order valence-corrected chi connectivity index (χ2v) is 7.88. The van der Waals surface area contributed by atoms with Crippen molar-refractivity contribution in [2.45, 2.75) is 38.0 Å². The van der Waals surface area contributed by atoms with Crippen molar-refractivity contribution in [2.75, 3.05) is 5.32 Å². The lowest BCUT2D eigenvalue weighted by Crippen LogP contribution is -2.15. The number of hydrogen-bond donors (Lipinski definition) is 1. The van der Waals surface area contributed by atoms with Gasteiger partial charge in [0.25, 0.3) is 0 Å². The number of nitrogens with zero attached hydrogens (tertiary/aromatic N) is 1. The Morgan fingerprint density at radius 1 is 1.00 bits per heavy atom. The molecule has 0 amide bonds. The molecule has 1 fully saturated rings. The van der Waals surface area contributed by atoms with Crippen LogP contribution in [0.3, 0.4) is 0 Å². The Balaban J connectivity index is 1.55. The molecule has 2 aromatic carbocycles. The Morgan fingerprint density at radius 2 is 1.77 bits per heavy atom. The molecule has 9 heteroatoms. The van der Waals surface area contributed by atoms with Crippen molar-refractivity contribution in [3.63, 3.8) is 0 Å². The maximum absolute atomic E-state index is 13.6. The quantitative estimate of drug-likeness (QED) is 0.427. The molecule has 1 aliphatic carbocycles. The monoisotopic (exact) mass is 440 g/mol. The second-order valence-electron chi connectivity index (χ2n) is 7.02. The van der Waals surface area contributed by atoms with Gasteiger partial charge in [0.1, 0.15) is 5.75 Å². The minimum absolute atomic E-state index is 0.179. The summed E-state index contributed by atoms with van der Waals surface area (Å²) in [5, 5.41) is 4.77. The first kappa shape index (κ1) is 20.6. The van der Waals surface area contributed by atoms with E-state index in [1.165, 1.54) is 18.2 Å². The lowest BCUT2D eigenvalue weighted by atomic mass is 10.1. The van der Waals surface area contributed by atoms with E-state index in [0.29, 0.717) is 16.4 Å². The van der Waals surface area contributed by atoms with Gasteiger partial charge >= 0.3 is 6.18 Å². The number of nitrogens with one attached hydrogen (secondary N) is 1. The van der Waals surface area contributed by atoms with E-state index in [0.717, 1.165) is 55.2 Å². The van der Waals surface area contributed by atoms with Crippen LogP contribution in [0, 0.1) is 11.6 Å². The molecule has 0 spiro atoms. The third kappa shape index (κ3) is 4.56. The van der Waals surface area contributed by atoms with E-state index in [2.05, 4.69) is 10.3 Å². The number of alkyl halides is 3. The second kappa shape index (κ2) is 8.22. The highest BCUT2D eigenvalue weighted by molar-refractivity contribution is 7.14. The van der Waals surface area contributed by atoms with Crippen molar-refractivity contribution in [1.29, 1.82) is 0 Å². The Kier molecular flexibility index (Phi) is 5.64. The summed E-state index contributed by atoms with van der Waals surface area (Å²) in [6.07, 6.45) is -1.34. The van der Waals surface area contributed by atoms with E-state index in [1.807, 2.05) is 0 Å². The number of anilines is 2. The summed E-state index contributed by atoms with van der Waals surface area (Å²) in [5.74, 6) is -2.14. The third-order valence-electron chi connectivity index (χ3n) is 4.85. The summed E-state index contributed by atoms with van der Waals surface area (Å²) in [4.78, 5) is 4.25. The average molecular weight is 440 g/mol. The molecule has 3 nitrogen and oxygen atoms in total. The third-order valence-corrected chi connectivity index (χ3v) is 5.61. The molecule has 1 saturated carbocycles. The normalized spacial score (nSPS) is 14.8. The molecule has 1 heterocycles. The molecule has 1 N–H and O–H groups in total. The summed E-state index contributed by atoms with van der Waals surface area (Å²) < 4.78 is 72.8. The van der Waals surface area contributed by atoms with Gasteiger partial charge in [-0.05, 0) is 62.1 Å². The van der Waals surface area contributed by atoms with Crippen molar-refractivity contribution < 1.29 is 26.7 Å². The number of benzene rings is 2. The number of halogens is 5. The van der Waals surface area contributed by atoms with Crippen LogP contribution in [0.25, 0.3) is 11.3 Å². The number of hydrogen-bond acceptors (Lipinski definition) is 4. The molecule has 30 heavy (non-hydrogen) atoms. The number of aromatic nitrogens is 1. The van der Waals surface area contributed by atoms with Gasteiger partial charge in [-0.15, -0.1) is 11.3 Å². The fourth-order valence-corrected chi connectivity index (χ4v) is 4.10. The van der Waals surface area contributed by atoms with Crippen LogP contribution in [0.2, 0.25) is 0 Å². The Morgan fingerprint density at radius 3 is 2.47 bits per heavy atom. The lowest BCUT2D eigenvalue weighted by molar-refractivity contribution is -0.139. The highest BCUT2D eigenvalue weighted by Gasteiger charge is 2.35. The van der Waals surface area contributed by atoms with E-state index in [1.54, 1.807) is 5.38 Å². The van der Waals surface area contributed by atoms with Crippen molar-refractivity contribution in [3.05, 3.63) is 59.0 Å². The molecule has 0 atom stereocenters. The molecular formula is C21H17F5N2OS. The molecule has 0 unspecified atom stereocenters. The van der Waals surface area contributed by atoms with Crippen molar-refractivity contribution >= 4 is 22.2 Å². The van der Waals surface area contributed by atoms with Crippen LogP contribution in [0.5, 0.6) is 5.75 Å². The fraction of sp³-hybridized carbons (Fsp3) is 0.286. The number of rotatable bonds is 5. The molecule has 0 aliphatic heterocycles. The van der Waals surface area contributed by atoms with Gasteiger partial charge in [0.2, 0.25) is 0 Å². The van der Waals surface area contributed by atoms with Crippen molar-refractivity contribution in [1.82, 2.24) is 4.98 Å². The maximum Gasteiger partial charge on any atom is 0.420 e.